The zero-order valence-electron chi connectivity index (χ0n) is 13.2. The first-order valence-corrected chi connectivity index (χ1v) is 10.3. The Hall–Kier alpha value is -1.00. The van der Waals surface area contributed by atoms with Crippen molar-refractivity contribution in [2.45, 2.75) is 35.2 Å². The zero-order chi connectivity index (χ0) is 17.1. The molecular formula is C14H22N2O5S2. The van der Waals surface area contributed by atoms with E-state index in [0.29, 0.717) is 13.0 Å². The van der Waals surface area contributed by atoms with Gasteiger partial charge in [0.05, 0.1) is 15.9 Å². The van der Waals surface area contributed by atoms with Crippen LogP contribution in [0.2, 0.25) is 0 Å². The number of hydrogen-bond acceptors (Lipinski definition) is 5. The van der Waals surface area contributed by atoms with E-state index in [-0.39, 0.29) is 15.9 Å². The molecule has 2 rings (SSSR count). The minimum Gasteiger partial charge on any atom is -0.378 e. The summed E-state index contributed by atoms with van der Waals surface area (Å²) in [6.45, 7) is 1.03. The maximum Gasteiger partial charge on any atom is 0.242 e. The van der Waals surface area contributed by atoms with Crippen molar-refractivity contribution in [2.75, 3.05) is 27.2 Å². The van der Waals surface area contributed by atoms with E-state index in [0.717, 1.165) is 23.8 Å². The van der Waals surface area contributed by atoms with Crippen LogP contribution < -0.4 is 4.72 Å². The van der Waals surface area contributed by atoms with Crippen LogP contribution in [-0.4, -0.2) is 54.5 Å². The lowest BCUT2D eigenvalue weighted by Gasteiger charge is -2.13. The van der Waals surface area contributed by atoms with Gasteiger partial charge in [-0.15, -0.1) is 0 Å². The first kappa shape index (κ1) is 18.3. The fraction of sp³-hybridized carbons (Fsp3) is 0.571. The summed E-state index contributed by atoms with van der Waals surface area (Å²) in [7, 11) is -4.37. The Morgan fingerprint density at radius 1 is 1.13 bits per heavy atom. The molecule has 0 unspecified atom stereocenters. The Kier molecular flexibility index (Phi) is 5.79. The van der Waals surface area contributed by atoms with Crippen molar-refractivity contribution in [1.82, 2.24) is 9.03 Å². The molecule has 0 saturated carbocycles. The van der Waals surface area contributed by atoms with Gasteiger partial charge in [0.25, 0.3) is 0 Å². The van der Waals surface area contributed by atoms with E-state index in [9.17, 15) is 16.8 Å². The van der Waals surface area contributed by atoms with Crippen molar-refractivity contribution >= 4 is 20.0 Å². The highest BCUT2D eigenvalue weighted by Gasteiger charge is 2.20. The molecule has 23 heavy (non-hydrogen) atoms. The first-order chi connectivity index (χ1) is 10.7. The predicted octanol–water partition coefficient (Wildman–Crippen LogP) is 0.784. The van der Waals surface area contributed by atoms with E-state index in [1.54, 1.807) is 0 Å². The Morgan fingerprint density at radius 2 is 1.74 bits per heavy atom. The SMILES string of the molecule is CN(C)S(=O)(=O)c1ccc(S(=O)(=O)NCC[C@@H]2CCCO2)cc1. The van der Waals surface area contributed by atoms with Crippen LogP contribution in [-0.2, 0) is 24.8 Å². The number of rotatable bonds is 7. The van der Waals surface area contributed by atoms with Crippen LogP contribution in [0, 0.1) is 0 Å². The molecule has 1 N–H and O–H groups in total. The number of nitrogens with zero attached hydrogens (tertiary/aromatic N) is 1. The first-order valence-electron chi connectivity index (χ1n) is 7.37. The number of benzene rings is 1. The normalized spacial score (nSPS) is 19.3. The van der Waals surface area contributed by atoms with Crippen LogP contribution in [0.25, 0.3) is 0 Å². The average molecular weight is 362 g/mol. The minimum absolute atomic E-state index is 0.0440. The maximum absolute atomic E-state index is 12.2. The van der Waals surface area contributed by atoms with E-state index in [4.69, 9.17) is 4.74 Å². The molecule has 0 spiro atoms. The topological polar surface area (TPSA) is 92.8 Å². The molecule has 1 aliphatic rings. The molecule has 0 aromatic heterocycles. The molecule has 1 aromatic rings. The van der Waals surface area contributed by atoms with Crippen molar-refractivity contribution < 1.29 is 21.6 Å². The fourth-order valence-corrected chi connectivity index (χ4v) is 4.26. The van der Waals surface area contributed by atoms with Gasteiger partial charge in [-0.25, -0.2) is 25.9 Å². The highest BCUT2D eigenvalue weighted by molar-refractivity contribution is 7.89. The second kappa shape index (κ2) is 7.27. The van der Waals surface area contributed by atoms with Gasteiger partial charge in [-0.05, 0) is 43.5 Å². The number of nitrogens with one attached hydrogen (secondary N) is 1. The molecule has 1 aromatic carbocycles. The Morgan fingerprint density at radius 3 is 2.26 bits per heavy atom. The molecular weight excluding hydrogens is 340 g/mol. The highest BCUT2D eigenvalue weighted by Crippen LogP contribution is 2.18. The van der Waals surface area contributed by atoms with Gasteiger partial charge in [0.1, 0.15) is 0 Å². The molecule has 0 radical (unpaired) electrons. The number of hydrogen-bond donors (Lipinski definition) is 1. The summed E-state index contributed by atoms with van der Waals surface area (Å²) in [6, 6.07) is 5.18. The minimum atomic E-state index is -3.65. The third-order valence-electron chi connectivity index (χ3n) is 3.69. The molecule has 130 valence electrons. The molecule has 0 aliphatic carbocycles. The van der Waals surface area contributed by atoms with Gasteiger partial charge in [0.15, 0.2) is 0 Å². The largest absolute Gasteiger partial charge is 0.378 e. The van der Waals surface area contributed by atoms with Crippen LogP contribution in [0.4, 0.5) is 0 Å². The second-order valence-corrected chi connectivity index (χ2v) is 9.50. The monoisotopic (exact) mass is 362 g/mol. The molecule has 1 saturated heterocycles. The fourth-order valence-electron chi connectivity index (χ4n) is 2.31. The Labute approximate surface area is 137 Å². The van der Waals surface area contributed by atoms with Crippen LogP contribution in [0.5, 0.6) is 0 Å². The van der Waals surface area contributed by atoms with Gasteiger partial charge < -0.3 is 4.74 Å². The quantitative estimate of drug-likeness (QED) is 0.774. The van der Waals surface area contributed by atoms with Crippen LogP contribution >= 0.6 is 0 Å². The molecule has 1 fully saturated rings. The summed E-state index contributed by atoms with van der Waals surface area (Å²) in [4.78, 5) is 0.100. The molecule has 9 heteroatoms. The van der Waals surface area contributed by atoms with Gasteiger partial charge in [-0.2, -0.15) is 0 Å². The number of sulfonamides is 2. The molecule has 0 amide bonds. The van der Waals surface area contributed by atoms with Gasteiger partial charge in [0.2, 0.25) is 20.0 Å². The molecule has 0 bridgehead atoms. The van der Waals surface area contributed by atoms with E-state index in [1.807, 2.05) is 0 Å². The van der Waals surface area contributed by atoms with Crippen molar-refractivity contribution in [3.8, 4) is 0 Å². The summed E-state index contributed by atoms with van der Waals surface area (Å²) < 4.78 is 57.3. The van der Waals surface area contributed by atoms with Crippen LogP contribution in [0.15, 0.2) is 34.1 Å². The van der Waals surface area contributed by atoms with E-state index in [1.165, 1.54) is 38.4 Å². The second-order valence-electron chi connectivity index (χ2n) is 5.58. The molecule has 1 atom stereocenters. The van der Waals surface area contributed by atoms with Gasteiger partial charge in [-0.3, -0.25) is 0 Å². The zero-order valence-corrected chi connectivity index (χ0v) is 14.9. The van der Waals surface area contributed by atoms with Crippen molar-refractivity contribution in [2.24, 2.45) is 0 Å². The van der Waals surface area contributed by atoms with Crippen molar-refractivity contribution in [1.29, 1.82) is 0 Å². The van der Waals surface area contributed by atoms with Crippen molar-refractivity contribution in [3.63, 3.8) is 0 Å². The highest BCUT2D eigenvalue weighted by atomic mass is 32.2. The lowest BCUT2D eigenvalue weighted by Crippen LogP contribution is -2.27. The lowest BCUT2D eigenvalue weighted by molar-refractivity contribution is 0.105. The Bertz CT molecular complexity index is 721. The Balaban J connectivity index is 2.02. The van der Waals surface area contributed by atoms with Gasteiger partial charge in [0, 0.05) is 27.2 Å². The maximum atomic E-state index is 12.2. The summed E-state index contributed by atoms with van der Waals surface area (Å²) >= 11 is 0. The van der Waals surface area contributed by atoms with E-state index in [2.05, 4.69) is 4.72 Å². The molecule has 1 heterocycles. The standard InChI is InChI=1S/C14H22N2O5S2/c1-16(2)23(19,20)14-7-5-13(6-8-14)22(17,18)15-10-9-12-4-3-11-21-12/h5-8,12,15H,3-4,9-11H2,1-2H3/t12-/m0/s1. The lowest BCUT2D eigenvalue weighted by atomic mass is 10.2. The molecule has 1 aliphatic heterocycles. The van der Waals surface area contributed by atoms with Crippen LogP contribution in [0.1, 0.15) is 19.3 Å². The molecule has 7 nitrogen and oxygen atoms in total. The smallest absolute Gasteiger partial charge is 0.242 e. The average Bonchev–Trinajstić information content (AvgIpc) is 3.00. The summed E-state index contributed by atoms with van der Waals surface area (Å²) in [6.07, 6.45) is 2.72. The number of ether oxygens (including phenoxy) is 1. The van der Waals surface area contributed by atoms with E-state index < -0.39 is 20.0 Å². The van der Waals surface area contributed by atoms with Gasteiger partial charge >= 0.3 is 0 Å². The third-order valence-corrected chi connectivity index (χ3v) is 7.00. The summed E-state index contributed by atoms with van der Waals surface area (Å²) in [5.74, 6) is 0. The summed E-state index contributed by atoms with van der Waals surface area (Å²) in [5.41, 5.74) is 0. The van der Waals surface area contributed by atoms with Crippen molar-refractivity contribution in [3.05, 3.63) is 24.3 Å². The van der Waals surface area contributed by atoms with Crippen LogP contribution in [0.3, 0.4) is 0 Å². The predicted molar refractivity (Wildman–Crippen MR) is 86.1 cm³/mol. The van der Waals surface area contributed by atoms with Gasteiger partial charge in [-0.1, -0.05) is 0 Å². The summed E-state index contributed by atoms with van der Waals surface area (Å²) in [5, 5.41) is 0. The third kappa shape index (κ3) is 4.51. The van der Waals surface area contributed by atoms with E-state index >= 15 is 0 Å².